The Balaban J connectivity index is 1.82. The Kier molecular flexibility index (Phi) is 4.28. The lowest BCUT2D eigenvalue weighted by atomic mass is 10.2. The lowest BCUT2D eigenvalue weighted by molar-refractivity contribution is 0.0750. The number of pyridine rings is 1. The van der Waals surface area contributed by atoms with E-state index in [1.54, 1.807) is 36.3 Å². The molecular formula is C18H19N3O2. The smallest absolute Gasteiger partial charge is 0.254 e. The van der Waals surface area contributed by atoms with Gasteiger partial charge < -0.3 is 14.0 Å². The molecule has 0 fully saturated rings. The van der Waals surface area contributed by atoms with E-state index in [0.29, 0.717) is 18.7 Å². The number of benzene rings is 1. The minimum Gasteiger partial charge on any atom is -0.497 e. The van der Waals surface area contributed by atoms with Crippen LogP contribution in [0.25, 0.3) is 5.65 Å². The number of aromatic nitrogens is 2. The van der Waals surface area contributed by atoms with Crippen molar-refractivity contribution in [3.8, 4) is 5.75 Å². The van der Waals surface area contributed by atoms with E-state index in [0.717, 1.165) is 17.1 Å². The summed E-state index contributed by atoms with van der Waals surface area (Å²) < 4.78 is 7.14. The monoisotopic (exact) mass is 309 g/mol. The Hall–Kier alpha value is -2.82. The van der Waals surface area contributed by atoms with Gasteiger partial charge in [-0.1, -0.05) is 6.07 Å². The van der Waals surface area contributed by atoms with Crippen molar-refractivity contribution in [1.29, 1.82) is 0 Å². The van der Waals surface area contributed by atoms with Gasteiger partial charge in [0.05, 0.1) is 25.5 Å². The van der Waals surface area contributed by atoms with Crippen LogP contribution >= 0.6 is 0 Å². The number of hydrogen-bond acceptors (Lipinski definition) is 3. The van der Waals surface area contributed by atoms with Gasteiger partial charge in [0.2, 0.25) is 0 Å². The third kappa shape index (κ3) is 3.04. The van der Waals surface area contributed by atoms with Crippen LogP contribution in [0.4, 0.5) is 0 Å². The summed E-state index contributed by atoms with van der Waals surface area (Å²) in [6, 6.07) is 13.0. The number of carbonyl (C=O) groups excluding carboxylic acids is 1. The Morgan fingerprint density at radius 1 is 1.22 bits per heavy atom. The topological polar surface area (TPSA) is 46.8 Å². The van der Waals surface area contributed by atoms with Gasteiger partial charge in [-0.15, -0.1) is 0 Å². The Bertz CT molecular complexity index is 809. The molecule has 118 valence electrons. The van der Waals surface area contributed by atoms with Gasteiger partial charge in [-0.3, -0.25) is 4.79 Å². The molecule has 23 heavy (non-hydrogen) atoms. The molecule has 0 atom stereocenters. The molecule has 2 aromatic heterocycles. The molecule has 0 aliphatic heterocycles. The molecule has 5 heteroatoms. The highest BCUT2D eigenvalue weighted by atomic mass is 16.5. The zero-order chi connectivity index (χ0) is 16.2. The summed E-state index contributed by atoms with van der Waals surface area (Å²) in [6.45, 7) is 3.13. The highest BCUT2D eigenvalue weighted by molar-refractivity contribution is 5.94. The van der Waals surface area contributed by atoms with E-state index in [-0.39, 0.29) is 5.91 Å². The van der Waals surface area contributed by atoms with Gasteiger partial charge in [-0.2, -0.15) is 0 Å². The molecule has 3 aromatic rings. The van der Waals surface area contributed by atoms with Gasteiger partial charge in [0.1, 0.15) is 11.4 Å². The van der Waals surface area contributed by atoms with Crippen LogP contribution in [0.15, 0.2) is 54.9 Å². The molecule has 0 saturated carbocycles. The number of methoxy groups -OCH3 is 1. The van der Waals surface area contributed by atoms with Crippen molar-refractivity contribution < 1.29 is 9.53 Å². The standard InChI is InChI=1S/C18H19N3O2/c1-3-20(18(22)14-7-9-16(23-2)10-8-14)13-15-12-19-17-6-4-5-11-21(15)17/h4-12H,3,13H2,1-2H3. The van der Waals surface area contributed by atoms with E-state index < -0.39 is 0 Å². The van der Waals surface area contributed by atoms with Crippen molar-refractivity contribution in [3.63, 3.8) is 0 Å². The van der Waals surface area contributed by atoms with E-state index in [9.17, 15) is 4.79 Å². The maximum absolute atomic E-state index is 12.7. The Labute approximate surface area is 135 Å². The van der Waals surface area contributed by atoms with Crippen molar-refractivity contribution in [2.45, 2.75) is 13.5 Å². The highest BCUT2D eigenvalue weighted by Crippen LogP contribution is 2.15. The molecule has 1 aromatic carbocycles. The fourth-order valence-corrected chi connectivity index (χ4v) is 2.54. The third-order valence-corrected chi connectivity index (χ3v) is 3.85. The van der Waals surface area contributed by atoms with Gasteiger partial charge in [0, 0.05) is 18.3 Å². The van der Waals surface area contributed by atoms with Crippen LogP contribution in [0.5, 0.6) is 5.75 Å². The predicted molar refractivity (Wildman–Crippen MR) is 88.6 cm³/mol. The second-order valence-corrected chi connectivity index (χ2v) is 5.23. The number of ether oxygens (including phenoxy) is 1. The first-order chi connectivity index (χ1) is 11.2. The maximum Gasteiger partial charge on any atom is 0.254 e. The number of rotatable bonds is 5. The molecule has 1 amide bonds. The fourth-order valence-electron chi connectivity index (χ4n) is 2.54. The van der Waals surface area contributed by atoms with Crippen molar-refractivity contribution in [1.82, 2.24) is 14.3 Å². The zero-order valence-corrected chi connectivity index (χ0v) is 13.3. The number of amides is 1. The summed E-state index contributed by atoms with van der Waals surface area (Å²) in [6.07, 6.45) is 3.78. The Morgan fingerprint density at radius 3 is 2.70 bits per heavy atom. The van der Waals surface area contributed by atoms with Crippen LogP contribution in [0.2, 0.25) is 0 Å². The molecule has 0 N–H and O–H groups in total. The molecule has 0 bridgehead atoms. The summed E-state index contributed by atoms with van der Waals surface area (Å²) in [5, 5.41) is 0. The maximum atomic E-state index is 12.7. The molecule has 0 saturated heterocycles. The van der Waals surface area contributed by atoms with E-state index in [1.807, 2.05) is 41.9 Å². The minimum atomic E-state index is 0.000958. The lowest BCUT2D eigenvalue weighted by Crippen LogP contribution is -2.30. The average Bonchev–Trinajstić information content (AvgIpc) is 3.02. The van der Waals surface area contributed by atoms with E-state index in [1.165, 1.54) is 0 Å². The molecule has 0 radical (unpaired) electrons. The number of imidazole rings is 1. The Morgan fingerprint density at radius 2 is 2.00 bits per heavy atom. The van der Waals surface area contributed by atoms with Crippen LogP contribution in [0.1, 0.15) is 23.0 Å². The number of carbonyl (C=O) groups is 1. The first kappa shape index (κ1) is 15.1. The lowest BCUT2D eigenvalue weighted by Gasteiger charge is -2.20. The summed E-state index contributed by atoms with van der Waals surface area (Å²) in [5.74, 6) is 0.743. The molecule has 3 rings (SSSR count). The van der Waals surface area contributed by atoms with Crippen LogP contribution in [0.3, 0.4) is 0 Å². The van der Waals surface area contributed by atoms with Gasteiger partial charge in [0.15, 0.2) is 0 Å². The number of hydrogen-bond donors (Lipinski definition) is 0. The normalized spacial score (nSPS) is 10.7. The summed E-state index contributed by atoms with van der Waals surface area (Å²) in [5.41, 5.74) is 2.53. The highest BCUT2D eigenvalue weighted by Gasteiger charge is 2.16. The average molecular weight is 309 g/mol. The zero-order valence-electron chi connectivity index (χ0n) is 13.3. The predicted octanol–water partition coefficient (Wildman–Crippen LogP) is 3.01. The third-order valence-electron chi connectivity index (χ3n) is 3.85. The van der Waals surface area contributed by atoms with Crippen LogP contribution in [-0.4, -0.2) is 33.8 Å². The van der Waals surface area contributed by atoms with Gasteiger partial charge >= 0.3 is 0 Å². The number of fused-ring (bicyclic) bond motifs is 1. The minimum absolute atomic E-state index is 0.000958. The molecule has 0 aliphatic carbocycles. The van der Waals surface area contributed by atoms with Crippen LogP contribution in [-0.2, 0) is 6.54 Å². The van der Waals surface area contributed by atoms with E-state index in [4.69, 9.17) is 4.74 Å². The molecule has 0 aliphatic rings. The largest absolute Gasteiger partial charge is 0.497 e. The quantitative estimate of drug-likeness (QED) is 0.728. The van der Waals surface area contributed by atoms with Gasteiger partial charge in [0.25, 0.3) is 5.91 Å². The van der Waals surface area contributed by atoms with Crippen molar-refractivity contribution in [2.75, 3.05) is 13.7 Å². The number of nitrogens with zero attached hydrogens (tertiary/aromatic N) is 3. The molecule has 0 spiro atoms. The van der Waals surface area contributed by atoms with Crippen LogP contribution < -0.4 is 4.74 Å². The van der Waals surface area contributed by atoms with Gasteiger partial charge in [-0.25, -0.2) is 4.98 Å². The summed E-state index contributed by atoms with van der Waals surface area (Å²) in [7, 11) is 1.61. The van der Waals surface area contributed by atoms with Gasteiger partial charge in [-0.05, 0) is 43.3 Å². The van der Waals surface area contributed by atoms with Crippen molar-refractivity contribution in [2.24, 2.45) is 0 Å². The van der Waals surface area contributed by atoms with Crippen LogP contribution in [0, 0.1) is 0 Å². The second-order valence-electron chi connectivity index (χ2n) is 5.23. The van der Waals surface area contributed by atoms with E-state index >= 15 is 0 Å². The summed E-state index contributed by atoms with van der Waals surface area (Å²) >= 11 is 0. The second kappa shape index (κ2) is 6.52. The molecule has 5 nitrogen and oxygen atoms in total. The SMILES string of the molecule is CCN(Cc1cnc2ccccn12)C(=O)c1ccc(OC)cc1. The first-order valence-electron chi connectivity index (χ1n) is 7.57. The molecule has 0 unspecified atom stereocenters. The fraction of sp³-hybridized carbons (Fsp3) is 0.222. The summed E-state index contributed by atoms with van der Waals surface area (Å²) in [4.78, 5) is 18.9. The van der Waals surface area contributed by atoms with Crippen molar-refractivity contribution in [3.05, 3.63) is 66.1 Å². The first-order valence-corrected chi connectivity index (χ1v) is 7.57. The molecule has 2 heterocycles. The van der Waals surface area contributed by atoms with E-state index in [2.05, 4.69) is 4.98 Å². The molecular weight excluding hydrogens is 290 g/mol. The van der Waals surface area contributed by atoms with Crippen molar-refractivity contribution >= 4 is 11.6 Å².